The number of nitrogens with one attached hydrogen (secondary N) is 1. The molecule has 0 saturated carbocycles. The van der Waals surface area contributed by atoms with Crippen LogP contribution < -0.4 is 10.5 Å². The van der Waals surface area contributed by atoms with Crippen LogP contribution in [0.1, 0.15) is 39.7 Å². The molecule has 1 aromatic carbocycles. The molecule has 0 amide bonds. The summed E-state index contributed by atoms with van der Waals surface area (Å²) < 4.78 is 21.3. The molecule has 0 radical (unpaired) electrons. The number of hydrogen-bond acceptors (Lipinski definition) is 5. The first-order valence-electron chi connectivity index (χ1n) is 9.87. The molecule has 6 heteroatoms. The maximum absolute atomic E-state index is 13.0. The molecule has 0 fully saturated rings. The summed E-state index contributed by atoms with van der Waals surface area (Å²) in [6.45, 7) is 11.3. The topological polar surface area (TPSA) is 64.4 Å². The highest BCUT2D eigenvalue weighted by molar-refractivity contribution is 7.97. The van der Waals surface area contributed by atoms with Gasteiger partial charge in [-0.05, 0) is 74.4 Å². The molecule has 0 saturated heterocycles. The van der Waals surface area contributed by atoms with Gasteiger partial charge in [-0.25, -0.2) is 4.39 Å². The lowest BCUT2D eigenvalue weighted by atomic mass is 9.99. The summed E-state index contributed by atoms with van der Waals surface area (Å²) in [7, 11) is 1.57. The molecule has 1 rings (SSSR count). The summed E-state index contributed by atoms with van der Waals surface area (Å²) in [5.41, 5.74) is 9.21. The maximum atomic E-state index is 13.0. The van der Waals surface area contributed by atoms with E-state index in [2.05, 4.69) is 18.2 Å². The molecule has 0 heterocycles. The number of carbonyl (C=O) groups is 1. The number of nitrogens with two attached hydrogens (primary N) is 1. The summed E-state index contributed by atoms with van der Waals surface area (Å²) in [5.74, 6) is 1.50. The van der Waals surface area contributed by atoms with E-state index in [1.165, 1.54) is 24.1 Å². The van der Waals surface area contributed by atoms with Crippen molar-refractivity contribution in [1.82, 2.24) is 4.72 Å². The summed E-state index contributed by atoms with van der Waals surface area (Å²) in [4.78, 5) is 12.7. The SMILES string of the molecule is C=C(C)/C(=C\C=C(/C)C(=O)/C(NSCCC(C)Cc1ccc(F)cc1)=C(/C)N)OC. The lowest BCUT2D eigenvalue weighted by Gasteiger charge is -2.14. The van der Waals surface area contributed by atoms with E-state index in [0.29, 0.717) is 28.6 Å². The van der Waals surface area contributed by atoms with Crippen molar-refractivity contribution in [2.24, 2.45) is 11.7 Å². The van der Waals surface area contributed by atoms with Crippen molar-refractivity contribution in [3.8, 4) is 0 Å². The van der Waals surface area contributed by atoms with E-state index in [1.807, 2.05) is 19.1 Å². The van der Waals surface area contributed by atoms with Gasteiger partial charge in [-0.1, -0.05) is 43.7 Å². The molecule has 1 atom stereocenters. The van der Waals surface area contributed by atoms with Gasteiger partial charge in [0.05, 0.1) is 7.11 Å². The number of carbonyl (C=O) groups excluding carboxylic acids is 1. The molecule has 3 N–H and O–H groups in total. The fourth-order valence-electron chi connectivity index (χ4n) is 2.67. The highest BCUT2D eigenvalue weighted by atomic mass is 32.2. The van der Waals surface area contributed by atoms with Crippen molar-refractivity contribution >= 4 is 17.7 Å². The van der Waals surface area contributed by atoms with Gasteiger partial charge in [0.1, 0.15) is 17.3 Å². The van der Waals surface area contributed by atoms with Crippen LogP contribution in [0, 0.1) is 11.7 Å². The Morgan fingerprint density at radius 3 is 2.43 bits per heavy atom. The van der Waals surface area contributed by atoms with Crippen LogP contribution in [-0.2, 0) is 16.0 Å². The third kappa shape index (κ3) is 8.91. The van der Waals surface area contributed by atoms with Gasteiger partial charge in [0.2, 0.25) is 5.78 Å². The van der Waals surface area contributed by atoms with Gasteiger partial charge in [-0.15, -0.1) is 0 Å². The van der Waals surface area contributed by atoms with Crippen LogP contribution in [0.3, 0.4) is 0 Å². The predicted molar refractivity (Wildman–Crippen MR) is 125 cm³/mol. The van der Waals surface area contributed by atoms with Gasteiger partial charge in [0, 0.05) is 11.4 Å². The van der Waals surface area contributed by atoms with Crippen molar-refractivity contribution < 1.29 is 13.9 Å². The van der Waals surface area contributed by atoms with Crippen LogP contribution in [0.4, 0.5) is 4.39 Å². The van der Waals surface area contributed by atoms with Gasteiger partial charge in [0.15, 0.2) is 0 Å². The van der Waals surface area contributed by atoms with E-state index < -0.39 is 0 Å². The van der Waals surface area contributed by atoms with Crippen LogP contribution in [0.15, 0.2) is 71.3 Å². The average Bonchev–Trinajstić information content (AvgIpc) is 2.69. The molecule has 0 aromatic heterocycles. The second kappa shape index (κ2) is 13.0. The fraction of sp³-hybridized carbons (Fsp3) is 0.375. The first kappa shape index (κ1) is 25.6. The number of ether oxygens (including phenoxy) is 1. The molecule has 0 aliphatic rings. The van der Waals surface area contributed by atoms with Crippen LogP contribution >= 0.6 is 11.9 Å². The second-order valence-electron chi connectivity index (χ2n) is 7.43. The Balaban J connectivity index is 2.59. The number of ketones is 1. The smallest absolute Gasteiger partial charge is 0.207 e. The van der Waals surface area contributed by atoms with Crippen molar-refractivity contribution in [2.75, 3.05) is 12.9 Å². The Morgan fingerprint density at radius 2 is 1.90 bits per heavy atom. The first-order chi connectivity index (χ1) is 14.1. The normalized spacial score (nSPS) is 14.1. The van der Waals surface area contributed by atoms with Crippen molar-refractivity contribution in [3.05, 3.63) is 82.7 Å². The number of halogens is 1. The van der Waals surface area contributed by atoms with Crippen LogP contribution in [0.5, 0.6) is 0 Å². The lowest BCUT2D eigenvalue weighted by Crippen LogP contribution is -2.20. The zero-order valence-electron chi connectivity index (χ0n) is 18.5. The molecule has 4 nitrogen and oxygen atoms in total. The molecule has 0 aliphatic heterocycles. The Morgan fingerprint density at radius 1 is 1.27 bits per heavy atom. The van der Waals surface area contributed by atoms with E-state index in [-0.39, 0.29) is 11.6 Å². The third-order valence-electron chi connectivity index (χ3n) is 4.49. The Bertz CT molecular complexity index is 822. The van der Waals surface area contributed by atoms with E-state index in [9.17, 15) is 9.18 Å². The Labute approximate surface area is 184 Å². The molecule has 0 spiro atoms. The standard InChI is InChI=1S/C24H33FN2O2S/c1-16(2)22(29-6)12-7-18(4)24(28)23(19(5)26)27-30-14-13-17(3)15-20-8-10-21(25)11-9-20/h7-12,17,27H,1,13-15,26H2,2-6H3/b18-7+,22-12+,23-19+. The van der Waals surface area contributed by atoms with E-state index in [4.69, 9.17) is 10.5 Å². The van der Waals surface area contributed by atoms with Gasteiger partial charge in [-0.2, -0.15) is 0 Å². The molecule has 1 aromatic rings. The zero-order chi connectivity index (χ0) is 22.7. The number of hydrogen-bond donors (Lipinski definition) is 2. The van der Waals surface area contributed by atoms with E-state index in [0.717, 1.165) is 29.7 Å². The molecule has 164 valence electrons. The van der Waals surface area contributed by atoms with Crippen molar-refractivity contribution in [2.45, 2.75) is 40.5 Å². The van der Waals surface area contributed by atoms with Crippen LogP contribution in [-0.4, -0.2) is 18.6 Å². The second-order valence-corrected chi connectivity index (χ2v) is 8.33. The van der Waals surface area contributed by atoms with Gasteiger partial charge in [0.25, 0.3) is 0 Å². The van der Waals surface area contributed by atoms with Gasteiger partial charge in [-0.3, -0.25) is 4.79 Å². The molecule has 0 aliphatic carbocycles. The van der Waals surface area contributed by atoms with Crippen LogP contribution in [0.2, 0.25) is 0 Å². The third-order valence-corrected chi connectivity index (χ3v) is 5.28. The Kier molecular flexibility index (Phi) is 11.0. The summed E-state index contributed by atoms with van der Waals surface area (Å²) >= 11 is 1.46. The number of methoxy groups -OCH3 is 1. The van der Waals surface area contributed by atoms with Gasteiger partial charge < -0.3 is 15.2 Å². The summed E-state index contributed by atoms with van der Waals surface area (Å²) in [6, 6.07) is 6.62. The molecular weight excluding hydrogens is 399 g/mol. The lowest BCUT2D eigenvalue weighted by molar-refractivity contribution is -0.112. The number of allylic oxidation sites excluding steroid dienone is 5. The van der Waals surface area contributed by atoms with E-state index >= 15 is 0 Å². The minimum atomic E-state index is -0.217. The molecule has 0 bridgehead atoms. The highest BCUT2D eigenvalue weighted by Crippen LogP contribution is 2.17. The maximum Gasteiger partial charge on any atom is 0.207 e. The minimum Gasteiger partial charge on any atom is -0.497 e. The predicted octanol–water partition coefficient (Wildman–Crippen LogP) is 5.44. The van der Waals surface area contributed by atoms with Gasteiger partial charge >= 0.3 is 0 Å². The quantitative estimate of drug-likeness (QED) is 0.151. The number of rotatable bonds is 12. The largest absolute Gasteiger partial charge is 0.497 e. The van der Waals surface area contributed by atoms with Crippen LogP contribution in [0.25, 0.3) is 0 Å². The minimum absolute atomic E-state index is 0.157. The van der Waals surface area contributed by atoms with E-state index in [1.54, 1.807) is 33.1 Å². The fourth-order valence-corrected chi connectivity index (χ4v) is 3.69. The molecule has 1 unspecified atom stereocenters. The monoisotopic (exact) mass is 432 g/mol. The first-order valence-corrected chi connectivity index (χ1v) is 10.9. The van der Waals surface area contributed by atoms with Crippen molar-refractivity contribution in [3.63, 3.8) is 0 Å². The summed E-state index contributed by atoms with van der Waals surface area (Å²) in [5, 5.41) is 0. The molecule has 30 heavy (non-hydrogen) atoms. The highest BCUT2D eigenvalue weighted by Gasteiger charge is 2.14. The average molecular weight is 433 g/mol. The van der Waals surface area contributed by atoms with Crippen molar-refractivity contribution in [1.29, 1.82) is 0 Å². The Hall–Kier alpha value is -2.47. The summed E-state index contributed by atoms with van der Waals surface area (Å²) in [6.07, 6.45) is 5.27. The number of Topliss-reactive ketones (excluding diaryl/α,β-unsaturated/α-hetero) is 1. The zero-order valence-corrected chi connectivity index (χ0v) is 19.4. The number of benzene rings is 1. The molecular formula is C24H33FN2O2S.